The van der Waals surface area contributed by atoms with E-state index in [1.54, 1.807) is 20.8 Å². The molecule has 25 heavy (non-hydrogen) atoms. The first-order chi connectivity index (χ1) is 11.1. The summed E-state index contributed by atoms with van der Waals surface area (Å²) in [5, 5.41) is -0.104. The van der Waals surface area contributed by atoms with Crippen LogP contribution in [0.25, 0.3) is 0 Å². The summed E-state index contributed by atoms with van der Waals surface area (Å²) in [4.78, 5) is 38.1. The molecule has 2 atom stereocenters. The van der Waals surface area contributed by atoms with Crippen LogP contribution in [0.3, 0.4) is 0 Å². The van der Waals surface area contributed by atoms with E-state index in [2.05, 4.69) is 20.8 Å². The molecule has 1 rings (SSSR count). The van der Waals surface area contributed by atoms with E-state index in [0.717, 1.165) is 4.90 Å². The lowest BCUT2D eigenvalue weighted by Gasteiger charge is -2.37. The molecule has 1 unspecified atom stereocenters. The van der Waals surface area contributed by atoms with Crippen LogP contribution in [-0.4, -0.2) is 56.0 Å². The molecular weight excluding hydrogens is 342 g/mol. The second-order valence-corrected chi connectivity index (χ2v) is 13.6. The molecule has 0 aliphatic carbocycles. The summed E-state index contributed by atoms with van der Waals surface area (Å²) < 4.78 is 16.2. The molecule has 1 aliphatic heterocycles. The fraction of sp³-hybridized carbons (Fsp3) is 0.824. The molecule has 0 N–H and O–H groups in total. The molecule has 0 radical (unpaired) electrons. The van der Waals surface area contributed by atoms with Crippen molar-refractivity contribution in [3.63, 3.8) is 0 Å². The van der Waals surface area contributed by atoms with Gasteiger partial charge in [0.1, 0.15) is 17.7 Å². The normalized spacial score (nSPS) is 22.1. The van der Waals surface area contributed by atoms with E-state index in [1.807, 2.05) is 13.1 Å². The first-order valence-electron chi connectivity index (χ1n) is 8.42. The number of likely N-dealkylation sites (tertiary alicyclic amines) is 1. The Kier molecular flexibility index (Phi) is 6.12. The van der Waals surface area contributed by atoms with Gasteiger partial charge < -0.3 is 13.9 Å². The number of nitrogens with zero attached hydrogens (tertiary/aromatic N) is 1. The highest BCUT2D eigenvalue weighted by Crippen LogP contribution is 2.39. The van der Waals surface area contributed by atoms with Gasteiger partial charge in [-0.1, -0.05) is 20.8 Å². The maximum atomic E-state index is 12.8. The lowest BCUT2D eigenvalue weighted by Crippen LogP contribution is -2.48. The highest BCUT2D eigenvalue weighted by atomic mass is 28.4. The third kappa shape index (κ3) is 5.04. The van der Waals surface area contributed by atoms with Gasteiger partial charge in [-0.25, -0.2) is 14.5 Å². The Morgan fingerprint density at radius 2 is 1.64 bits per heavy atom. The zero-order valence-corrected chi connectivity index (χ0v) is 17.8. The first kappa shape index (κ1) is 21.6. The number of carbonyl (C=O) groups excluding carboxylic acids is 3. The zero-order valence-electron chi connectivity index (χ0n) is 16.8. The van der Waals surface area contributed by atoms with E-state index >= 15 is 0 Å². The Bertz CT molecular complexity index is 546. The first-order valence-corrected chi connectivity index (χ1v) is 11.3. The second kappa shape index (κ2) is 7.07. The molecule has 0 saturated carbocycles. The molecule has 8 heteroatoms. The minimum atomic E-state index is -2.25. The Balaban J connectivity index is 3.09. The van der Waals surface area contributed by atoms with Crippen molar-refractivity contribution < 1.29 is 28.3 Å². The number of esters is 1. The Hall–Kier alpha value is -1.41. The molecule has 144 valence electrons. The van der Waals surface area contributed by atoms with E-state index in [0.29, 0.717) is 0 Å². The lowest BCUT2D eigenvalue weighted by atomic mass is 10.2. The third-order valence-corrected chi connectivity index (χ3v) is 9.05. The van der Waals surface area contributed by atoms with Gasteiger partial charge in [0, 0.05) is 6.42 Å². The number of rotatable bonds is 3. The summed E-state index contributed by atoms with van der Waals surface area (Å²) >= 11 is 0. The molecule has 1 heterocycles. The molecule has 7 nitrogen and oxygen atoms in total. The molecule has 1 fully saturated rings. The SMILES string of the molecule is COC(=O)C1C[C@@H](O[Si](C)(C)C(C)(C)C)C(=O)N1C(=O)OC(C)(C)C. The average molecular weight is 374 g/mol. The summed E-state index contributed by atoms with van der Waals surface area (Å²) in [5.41, 5.74) is -0.781. The number of amides is 2. The number of hydrogen-bond donors (Lipinski definition) is 0. The van der Waals surface area contributed by atoms with Crippen LogP contribution in [0, 0.1) is 0 Å². The zero-order chi connectivity index (χ0) is 19.8. The van der Waals surface area contributed by atoms with E-state index in [4.69, 9.17) is 13.9 Å². The van der Waals surface area contributed by atoms with E-state index in [9.17, 15) is 14.4 Å². The predicted molar refractivity (Wildman–Crippen MR) is 95.6 cm³/mol. The van der Waals surface area contributed by atoms with Gasteiger partial charge in [-0.3, -0.25) is 4.79 Å². The molecule has 2 amide bonds. The van der Waals surface area contributed by atoms with Crippen molar-refractivity contribution in [2.24, 2.45) is 0 Å². The van der Waals surface area contributed by atoms with Crippen molar-refractivity contribution in [3.05, 3.63) is 0 Å². The molecule has 0 aromatic rings. The largest absolute Gasteiger partial charge is 0.467 e. The predicted octanol–water partition coefficient (Wildman–Crippen LogP) is 3.09. The van der Waals surface area contributed by atoms with E-state index < -0.39 is 44.0 Å². The Labute approximate surface area is 151 Å². The van der Waals surface area contributed by atoms with Gasteiger partial charge in [-0.15, -0.1) is 0 Å². The summed E-state index contributed by atoms with van der Waals surface area (Å²) in [6.45, 7) is 15.3. The molecule has 1 aliphatic rings. The summed E-state index contributed by atoms with van der Waals surface area (Å²) in [6, 6.07) is -1.03. The summed E-state index contributed by atoms with van der Waals surface area (Å²) in [6.07, 6.45) is -1.62. The fourth-order valence-electron chi connectivity index (χ4n) is 2.21. The maximum Gasteiger partial charge on any atom is 0.417 e. The maximum absolute atomic E-state index is 12.8. The van der Waals surface area contributed by atoms with Gasteiger partial charge in [0.25, 0.3) is 5.91 Å². The van der Waals surface area contributed by atoms with Crippen LogP contribution in [0.15, 0.2) is 0 Å². The average Bonchev–Trinajstić information content (AvgIpc) is 2.71. The molecule has 0 aromatic heterocycles. The van der Waals surface area contributed by atoms with Crippen LogP contribution in [0.2, 0.25) is 18.1 Å². The molecule has 1 saturated heterocycles. The van der Waals surface area contributed by atoms with E-state index in [-0.39, 0.29) is 11.5 Å². The minimum absolute atomic E-state index is 0.0806. The minimum Gasteiger partial charge on any atom is -0.467 e. The fourth-order valence-corrected chi connectivity index (χ4v) is 3.48. The van der Waals surface area contributed by atoms with Gasteiger partial charge in [0.15, 0.2) is 8.32 Å². The second-order valence-electron chi connectivity index (χ2n) is 8.83. The van der Waals surface area contributed by atoms with Crippen molar-refractivity contribution in [1.29, 1.82) is 0 Å². The summed E-state index contributed by atoms with van der Waals surface area (Å²) in [5.74, 6) is -1.20. The quantitative estimate of drug-likeness (QED) is 0.558. The van der Waals surface area contributed by atoms with E-state index in [1.165, 1.54) is 7.11 Å². The monoisotopic (exact) mass is 373 g/mol. The van der Waals surface area contributed by atoms with Gasteiger partial charge in [-0.05, 0) is 38.9 Å². The van der Waals surface area contributed by atoms with Crippen LogP contribution in [0.1, 0.15) is 48.0 Å². The molecule has 0 bridgehead atoms. The van der Waals surface area contributed by atoms with Gasteiger partial charge in [0.2, 0.25) is 0 Å². The molecule has 0 aromatic carbocycles. The number of ether oxygens (including phenoxy) is 2. The Morgan fingerprint density at radius 1 is 1.12 bits per heavy atom. The van der Waals surface area contributed by atoms with Crippen LogP contribution in [-0.2, 0) is 23.5 Å². The van der Waals surface area contributed by atoms with Crippen molar-refractivity contribution in [2.75, 3.05) is 7.11 Å². The standard InChI is InChI=1S/C17H31NO6Si/c1-16(2,3)23-15(21)18-11(14(20)22-7)10-12(13(18)19)24-25(8,9)17(4,5)6/h11-12H,10H2,1-9H3/t11?,12-/m1/s1. The number of imide groups is 1. The molecular formula is C17H31NO6Si. The van der Waals surface area contributed by atoms with Crippen LogP contribution in [0.5, 0.6) is 0 Å². The smallest absolute Gasteiger partial charge is 0.417 e. The highest BCUT2D eigenvalue weighted by Gasteiger charge is 2.52. The highest BCUT2D eigenvalue weighted by molar-refractivity contribution is 6.74. The van der Waals surface area contributed by atoms with Gasteiger partial charge in [-0.2, -0.15) is 0 Å². The number of hydrogen-bond acceptors (Lipinski definition) is 6. The van der Waals surface area contributed by atoms with Crippen molar-refractivity contribution in [1.82, 2.24) is 4.90 Å². The van der Waals surface area contributed by atoms with Crippen LogP contribution < -0.4 is 0 Å². The topological polar surface area (TPSA) is 82.1 Å². The van der Waals surface area contributed by atoms with Crippen molar-refractivity contribution >= 4 is 26.3 Å². The summed E-state index contributed by atoms with van der Waals surface area (Å²) in [7, 11) is -1.02. The van der Waals surface area contributed by atoms with Crippen molar-refractivity contribution in [2.45, 2.75) is 83.8 Å². The lowest BCUT2D eigenvalue weighted by molar-refractivity contribution is -0.149. The Morgan fingerprint density at radius 3 is 2.04 bits per heavy atom. The van der Waals surface area contributed by atoms with Gasteiger partial charge >= 0.3 is 12.1 Å². The third-order valence-electron chi connectivity index (χ3n) is 4.57. The van der Waals surface area contributed by atoms with Crippen LogP contribution >= 0.6 is 0 Å². The number of methoxy groups -OCH3 is 1. The van der Waals surface area contributed by atoms with Crippen LogP contribution in [0.4, 0.5) is 4.79 Å². The van der Waals surface area contributed by atoms with Crippen molar-refractivity contribution in [3.8, 4) is 0 Å². The molecule has 0 spiro atoms. The van der Waals surface area contributed by atoms with Gasteiger partial charge in [0.05, 0.1) is 7.11 Å². The number of carbonyl (C=O) groups is 3.